The van der Waals surface area contributed by atoms with E-state index in [0.29, 0.717) is 34.5 Å². The number of hydrogen-bond acceptors (Lipinski definition) is 6. The lowest BCUT2D eigenvalue weighted by atomic mass is 10.1. The van der Waals surface area contributed by atoms with Gasteiger partial charge in [0.2, 0.25) is 0 Å². The molecule has 0 heterocycles. The largest absolute Gasteiger partial charge is 0.493 e. The molecule has 1 aliphatic rings. The quantitative estimate of drug-likeness (QED) is 0.210. The van der Waals surface area contributed by atoms with Crippen LogP contribution in [0.5, 0.6) is 34.5 Å². The number of methoxy groups -OCH3 is 6. The predicted octanol–water partition coefficient (Wildman–Crippen LogP) is 5.98. The second-order valence-corrected chi connectivity index (χ2v) is 15.0. The fourth-order valence-electron chi connectivity index (χ4n) is 7.08. The SMILES string of the molecule is COc1c(C)ccc([Si](C2=C(C)C(C)=C(C)C2C)(c2ccc(C)c(OC)c2OC)c2ccc(C)c(OC)c2OC)c1OC. The topological polar surface area (TPSA) is 55.4 Å². The van der Waals surface area contributed by atoms with E-state index in [1.807, 2.05) is 20.8 Å². The summed E-state index contributed by atoms with van der Waals surface area (Å²) < 4.78 is 37.1. The third-order valence-electron chi connectivity index (χ3n) is 9.41. The molecule has 6 nitrogen and oxygen atoms in total. The summed E-state index contributed by atoms with van der Waals surface area (Å²) >= 11 is 0. The number of benzene rings is 3. The van der Waals surface area contributed by atoms with Gasteiger partial charge in [0.1, 0.15) is 0 Å². The summed E-state index contributed by atoms with van der Waals surface area (Å²) in [5.41, 5.74) is 6.88. The highest BCUT2D eigenvalue weighted by atomic mass is 28.3. The van der Waals surface area contributed by atoms with E-state index in [0.717, 1.165) is 32.3 Å². The van der Waals surface area contributed by atoms with Crippen molar-refractivity contribution in [3.63, 3.8) is 0 Å². The van der Waals surface area contributed by atoms with Gasteiger partial charge in [0.25, 0.3) is 0 Å². The van der Waals surface area contributed by atoms with E-state index >= 15 is 0 Å². The lowest BCUT2D eigenvalue weighted by Gasteiger charge is -2.41. The molecule has 0 aromatic heterocycles. The molecule has 7 heteroatoms. The summed E-state index contributed by atoms with van der Waals surface area (Å²) in [6.45, 7) is 15.1. The molecular weight excluding hydrogens is 556 g/mol. The zero-order valence-electron chi connectivity index (χ0n) is 28.0. The molecule has 1 aliphatic carbocycles. The van der Waals surface area contributed by atoms with Crippen LogP contribution in [0, 0.1) is 26.7 Å². The van der Waals surface area contributed by atoms with Crippen LogP contribution in [-0.2, 0) is 0 Å². The summed E-state index contributed by atoms with van der Waals surface area (Å²) in [6, 6.07) is 13.0. The van der Waals surface area contributed by atoms with E-state index in [1.165, 1.54) is 21.9 Å². The van der Waals surface area contributed by atoms with Gasteiger partial charge in [-0.05, 0) is 69.7 Å². The highest BCUT2D eigenvalue weighted by Gasteiger charge is 2.54. The molecule has 1 unspecified atom stereocenters. The van der Waals surface area contributed by atoms with E-state index < -0.39 is 8.07 Å². The van der Waals surface area contributed by atoms with Gasteiger partial charge in [0.15, 0.2) is 42.6 Å². The summed E-state index contributed by atoms with van der Waals surface area (Å²) in [7, 11) is 6.85. The molecule has 1 atom stereocenters. The van der Waals surface area contributed by atoms with Crippen molar-refractivity contribution in [2.24, 2.45) is 5.92 Å². The molecule has 0 spiro atoms. The second-order valence-electron chi connectivity index (χ2n) is 11.3. The maximum absolute atomic E-state index is 6.32. The van der Waals surface area contributed by atoms with Crippen molar-refractivity contribution in [2.45, 2.75) is 48.5 Å². The fourth-order valence-corrected chi connectivity index (χ4v) is 13.1. The third-order valence-corrected chi connectivity index (χ3v) is 14.6. The second kappa shape index (κ2) is 12.4. The predicted molar refractivity (Wildman–Crippen MR) is 178 cm³/mol. The standard InChI is InChI=1S/C36H46O6Si/c1-20-14-17-27(33(40-11)30(20)37-8)43(36-25(6)23(4)24(5)26(36)7,28-18-15-21(2)31(38-9)34(28)41-12)29-19-16-22(3)32(39-10)35(29)42-13/h14-19,25H,1-13H3. The zero-order chi connectivity index (χ0) is 31.8. The van der Waals surface area contributed by atoms with Gasteiger partial charge in [-0.25, -0.2) is 0 Å². The van der Waals surface area contributed by atoms with E-state index in [1.54, 1.807) is 42.7 Å². The Morgan fingerprint density at radius 2 is 0.744 bits per heavy atom. The minimum Gasteiger partial charge on any atom is -0.493 e. The van der Waals surface area contributed by atoms with E-state index in [4.69, 9.17) is 28.4 Å². The Kier molecular flexibility index (Phi) is 9.26. The van der Waals surface area contributed by atoms with E-state index in [-0.39, 0.29) is 5.92 Å². The Hall–Kier alpha value is -3.84. The first-order valence-corrected chi connectivity index (χ1v) is 16.6. The molecular formula is C36H46O6Si. The molecule has 0 radical (unpaired) electrons. The van der Waals surface area contributed by atoms with Crippen LogP contribution in [0.25, 0.3) is 0 Å². The van der Waals surface area contributed by atoms with Gasteiger partial charge in [-0.1, -0.05) is 59.7 Å². The van der Waals surface area contributed by atoms with Crippen LogP contribution in [0.3, 0.4) is 0 Å². The van der Waals surface area contributed by atoms with Crippen LogP contribution < -0.4 is 44.0 Å². The first-order valence-electron chi connectivity index (χ1n) is 14.6. The van der Waals surface area contributed by atoms with Gasteiger partial charge < -0.3 is 28.4 Å². The Bertz CT molecular complexity index is 1470. The number of rotatable bonds is 10. The molecule has 230 valence electrons. The first-order chi connectivity index (χ1) is 20.5. The molecule has 3 aromatic rings. The highest BCUT2D eigenvalue weighted by molar-refractivity contribution is 7.17. The Morgan fingerprint density at radius 1 is 0.442 bits per heavy atom. The summed E-state index contributed by atoms with van der Waals surface area (Å²) in [6.07, 6.45) is 0. The summed E-state index contributed by atoms with van der Waals surface area (Å²) in [5, 5.41) is 4.44. The van der Waals surface area contributed by atoms with Gasteiger partial charge in [0.05, 0.1) is 42.7 Å². The van der Waals surface area contributed by atoms with Gasteiger partial charge >= 0.3 is 0 Å². The maximum Gasteiger partial charge on any atom is 0.189 e. The van der Waals surface area contributed by atoms with Gasteiger partial charge in [0, 0.05) is 15.6 Å². The summed E-state index contributed by atoms with van der Waals surface area (Å²) in [5.74, 6) is 4.36. The molecule has 0 saturated carbocycles. The van der Waals surface area contributed by atoms with Gasteiger partial charge in [-0.15, -0.1) is 0 Å². The van der Waals surface area contributed by atoms with Crippen molar-refractivity contribution >= 4 is 23.6 Å². The molecule has 0 fully saturated rings. The molecule has 0 bridgehead atoms. The molecule has 3 aromatic carbocycles. The van der Waals surface area contributed by atoms with E-state index in [9.17, 15) is 0 Å². The number of allylic oxidation sites excluding steroid dienone is 4. The molecule has 0 amide bonds. The normalized spacial score (nSPS) is 15.1. The monoisotopic (exact) mass is 602 g/mol. The molecule has 0 N–H and O–H groups in total. The van der Waals surface area contributed by atoms with Gasteiger partial charge in [-0.3, -0.25) is 0 Å². The first kappa shape index (κ1) is 32.1. The van der Waals surface area contributed by atoms with Crippen LogP contribution in [0.4, 0.5) is 0 Å². The minimum absolute atomic E-state index is 0.137. The van der Waals surface area contributed by atoms with Gasteiger partial charge in [-0.2, -0.15) is 0 Å². The van der Waals surface area contributed by atoms with Crippen LogP contribution in [0.2, 0.25) is 0 Å². The molecule has 43 heavy (non-hydrogen) atoms. The Balaban J connectivity index is 2.46. The van der Waals surface area contributed by atoms with Crippen molar-refractivity contribution in [1.82, 2.24) is 0 Å². The average Bonchev–Trinajstić information content (AvgIpc) is 3.20. The fraction of sp³-hybridized carbons (Fsp3) is 0.389. The zero-order valence-corrected chi connectivity index (χ0v) is 29.0. The van der Waals surface area contributed by atoms with Crippen LogP contribution in [-0.4, -0.2) is 50.7 Å². The van der Waals surface area contributed by atoms with Crippen molar-refractivity contribution in [3.8, 4) is 34.5 Å². The third kappa shape index (κ3) is 4.69. The smallest absolute Gasteiger partial charge is 0.189 e. The highest BCUT2D eigenvalue weighted by Crippen LogP contribution is 2.47. The van der Waals surface area contributed by atoms with Crippen molar-refractivity contribution in [1.29, 1.82) is 0 Å². The number of ether oxygens (including phenoxy) is 6. The number of aryl methyl sites for hydroxylation is 3. The van der Waals surface area contributed by atoms with Crippen LogP contribution >= 0.6 is 0 Å². The molecule has 0 saturated heterocycles. The van der Waals surface area contributed by atoms with Crippen molar-refractivity contribution < 1.29 is 28.4 Å². The minimum atomic E-state index is -3.39. The molecule has 0 aliphatic heterocycles. The average molecular weight is 603 g/mol. The lowest BCUT2D eigenvalue weighted by Crippen LogP contribution is -2.70. The lowest BCUT2D eigenvalue weighted by molar-refractivity contribution is 0.353. The summed E-state index contributed by atoms with van der Waals surface area (Å²) in [4.78, 5) is 0. The number of hydrogen-bond donors (Lipinski definition) is 0. The maximum atomic E-state index is 6.32. The molecule has 4 rings (SSSR count). The van der Waals surface area contributed by atoms with Crippen LogP contribution in [0.1, 0.15) is 44.4 Å². The van der Waals surface area contributed by atoms with E-state index in [2.05, 4.69) is 64.1 Å². The van der Waals surface area contributed by atoms with Crippen molar-refractivity contribution in [2.75, 3.05) is 42.7 Å². The van der Waals surface area contributed by atoms with Crippen LogP contribution in [0.15, 0.2) is 58.3 Å². The Morgan fingerprint density at radius 3 is 0.977 bits per heavy atom. The Labute approximate surface area is 258 Å². The van der Waals surface area contributed by atoms with Crippen molar-refractivity contribution in [3.05, 3.63) is 75.0 Å².